The number of aromatic nitrogens is 3. The van der Waals surface area contributed by atoms with Crippen molar-refractivity contribution >= 4 is 46.2 Å². The van der Waals surface area contributed by atoms with Gasteiger partial charge in [0.25, 0.3) is 0 Å². The SMILES string of the molecule is C#CCO[C@H]1CSSCC1OP(=O)(NCc1ccccc1)OCC1O[C@@H](n2ccc3c(N)ncnc32)[C@](C)(O)[C@@H]1O. The van der Waals surface area contributed by atoms with Gasteiger partial charge >= 0.3 is 7.75 Å². The van der Waals surface area contributed by atoms with Gasteiger partial charge in [-0.25, -0.2) is 19.6 Å². The van der Waals surface area contributed by atoms with Gasteiger partial charge in [0.1, 0.15) is 48.3 Å². The van der Waals surface area contributed by atoms with Gasteiger partial charge in [-0.05, 0) is 18.6 Å². The Morgan fingerprint density at radius 3 is 2.78 bits per heavy atom. The molecule has 0 radical (unpaired) electrons. The van der Waals surface area contributed by atoms with Crippen LogP contribution in [0.3, 0.4) is 0 Å². The van der Waals surface area contributed by atoms with Crippen LogP contribution in [0.1, 0.15) is 18.7 Å². The summed E-state index contributed by atoms with van der Waals surface area (Å²) in [6, 6.07) is 11.1. The first-order valence-electron chi connectivity index (χ1n) is 12.9. The Hall–Kier alpha value is -2.15. The molecular formula is C26H32N5O7PS2. The quantitative estimate of drug-likeness (QED) is 0.141. The molecule has 41 heavy (non-hydrogen) atoms. The fraction of sp³-hybridized carbons (Fsp3) is 0.462. The van der Waals surface area contributed by atoms with E-state index < -0.39 is 37.9 Å². The molecule has 0 saturated carbocycles. The Balaban J connectivity index is 1.33. The largest absolute Gasteiger partial charge is 0.406 e. The summed E-state index contributed by atoms with van der Waals surface area (Å²) in [5, 5.41) is 25.8. The smallest absolute Gasteiger partial charge is 0.387 e. The van der Waals surface area contributed by atoms with Crippen molar-refractivity contribution in [3.63, 3.8) is 0 Å². The summed E-state index contributed by atoms with van der Waals surface area (Å²) in [5.41, 5.74) is 5.52. The molecule has 3 unspecified atom stereocenters. The van der Waals surface area contributed by atoms with Crippen molar-refractivity contribution in [1.82, 2.24) is 19.6 Å². The molecule has 0 spiro atoms. The van der Waals surface area contributed by atoms with E-state index in [0.29, 0.717) is 22.5 Å². The predicted molar refractivity (Wildman–Crippen MR) is 158 cm³/mol. The first kappa shape index (κ1) is 30.3. The summed E-state index contributed by atoms with van der Waals surface area (Å²) in [7, 11) is -0.795. The standard InChI is InChI=1S/C26H32N5O7PS2/c1-3-11-35-20-14-40-41-15-21(20)38-39(34,30-12-17-7-5-4-6-8-17)36-13-19-22(32)26(2,33)25(37-19)31-10-9-18-23(27)28-16-29-24(18)31/h1,4-10,16,19-22,25,32-33H,11-15H2,2H3,(H,30,34)(H2,27,28,29)/t19?,20-,21?,22+,25+,26+,39?/m0/s1. The monoisotopic (exact) mass is 621 g/mol. The molecule has 3 aromatic rings. The molecule has 2 aromatic heterocycles. The van der Waals surface area contributed by atoms with Crippen molar-refractivity contribution in [3.8, 4) is 12.3 Å². The molecule has 0 bridgehead atoms. The predicted octanol–water partition coefficient (Wildman–Crippen LogP) is 2.74. The van der Waals surface area contributed by atoms with E-state index in [1.807, 2.05) is 30.3 Å². The van der Waals surface area contributed by atoms with E-state index in [0.717, 1.165) is 5.56 Å². The number of benzene rings is 1. The first-order chi connectivity index (χ1) is 19.7. The second-order valence-electron chi connectivity index (χ2n) is 9.80. The lowest BCUT2D eigenvalue weighted by atomic mass is 9.96. The lowest BCUT2D eigenvalue weighted by Crippen LogP contribution is -2.44. The number of terminal acetylenes is 1. The van der Waals surface area contributed by atoms with Crippen LogP contribution in [0.5, 0.6) is 0 Å². The van der Waals surface area contributed by atoms with Gasteiger partial charge in [0.05, 0.1) is 18.1 Å². The van der Waals surface area contributed by atoms with Crippen LogP contribution in [0, 0.1) is 12.3 Å². The Kier molecular flexibility index (Phi) is 9.62. The molecule has 7 atom stereocenters. The number of nitrogens with one attached hydrogen (secondary N) is 1. The van der Waals surface area contributed by atoms with Crippen LogP contribution in [0.15, 0.2) is 48.9 Å². The number of hydrogen-bond donors (Lipinski definition) is 4. The van der Waals surface area contributed by atoms with E-state index in [9.17, 15) is 14.8 Å². The van der Waals surface area contributed by atoms with Crippen molar-refractivity contribution in [1.29, 1.82) is 0 Å². The summed E-state index contributed by atoms with van der Waals surface area (Å²) in [6.45, 7) is 1.41. The normalized spacial score (nSPS) is 29.8. The summed E-state index contributed by atoms with van der Waals surface area (Å²) < 4.78 is 39.5. The third-order valence-electron chi connectivity index (χ3n) is 6.89. The molecule has 12 nitrogen and oxygen atoms in total. The number of aliphatic hydroxyl groups is 2. The second kappa shape index (κ2) is 13.0. The molecule has 2 aliphatic rings. The average Bonchev–Trinajstić information content (AvgIpc) is 3.50. The number of fused-ring (bicyclic) bond motifs is 1. The average molecular weight is 622 g/mol. The number of nitrogen functional groups attached to an aromatic ring is 1. The minimum absolute atomic E-state index is 0.0988. The molecule has 0 amide bonds. The Morgan fingerprint density at radius 2 is 2.02 bits per heavy atom. The van der Waals surface area contributed by atoms with Gasteiger partial charge in [0.2, 0.25) is 0 Å². The zero-order valence-corrected chi connectivity index (χ0v) is 24.8. The van der Waals surface area contributed by atoms with Gasteiger partial charge < -0.3 is 30.0 Å². The number of nitrogens with two attached hydrogens (primary N) is 1. The van der Waals surface area contributed by atoms with E-state index in [2.05, 4.69) is 21.0 Å². The van der Waals surface area contributed by atoms with Gasteiger partial charge in [0, 0.05) is 24.2 Å². The minimum Gasteiger partial charge on any atom is -0.387 e. The summed E-state index contributed by atoms with van der Waals surface area (Å²) in [6.07, 6.45) is 3.90. The van der Waals surface area contributed by atoms with E-state index in [1.54, 1.807) is 38.4 Å². The highest BCUT2D eigenvalue weighted by molar-refractivity contribution is 8.76. The van der Waals surface area contributed by atoms with Crippen LogP contribution in [0.25, 0.3) is 11.0 Å². The fourth-order valence-electron chi connectivity index (χ4n) is 4.66. The van der Waals surface area contributed by atoms with Crippen LogP contribution in [-0.2, 0) is 29.6 Å². The lowest BCUT2D eigenvalue weighted by molar-refractivity contribution is -0.0947. The molecular weight excluding hydrogens is 589 g/mol. The van der Waals surface area contributed by atoms with Crippen molar-refractivity contribution in [3.05, 3.63) is 54.5 Å². The Labute approximate surface area is 245 Å². The van der Waals surface area contributed by atoms with Crippen LogP contribution in [0.2, 0.25) is 0 Å². The highest BCUT2D eigenvalue weighted by Crippen LogP contribution is 2.50. The van der Waals surface area contributed by atoms with Crippen molar-refractivity contribution in [2.75, 3.05) is 30.5 Å². The molecule has 2 saturated heterocycles. The third kappa shape index (κ3) is 6.76. The lowest BCUT2D eigenvalue weighted by Gasteiger charge is -2.33. The molecule has 2 fully saturated rings. The maximum Gasteiger partial charge on any atom is 0.406 e. The minimum atomic E-state index is -3.99. The van der Waals surface area contributed by atoms with E-state index in [-0.39, 0.29) is 31.7 Å². The molecule has 0 aliphatic carbocycles. The summed E-state index contributed by atoms with van der Waals surface area (Å²) in [4.78, 5) is 8.25. The fourth-order valence-corrected chi connectivity index (χ4v) is 8.71. The van der Waals surface area contributed by atoms with E-state index in [4.69, 9.17) is 30.7 Å². The molecule has 2 aliphatic heterocycles. The summed E-state index contributed by atoms with van der Waals surface area (Å²) >= 11 is 0. The van der Waals surface area contributed by atoms with Crippen LogP contribution < -0.4 is 10.8 Å². The summed E-state index contributed by atoms with van der Waals surface area (Å²) in [5.74, 6) is 3.84. The van der Waals surface area contributed by atoms with Crippen LogP contribution >= 0.6 is 29.3 Å². The van der Waals surface area contributed by atoms with Crippen LogP contribution in [0.4, 0.5) is 5.82 Å². The van der Waals surface area contributed by atoms with Gasteiger partial charge in [-0.15, -0.1) is 6.42 Å². The zero-order valence-electron chi connectivity index (χ0n) is 22.2. The number of nitrogens with zero attached hydrogens (tertiary/aromatic N) is 3. The van der Waals surface area contributed by atoms with Crippen molar-refractivity contribution < 1.29 is 33.3 Å². The molecule has 1 aromatic carbocycles. The molecule has 5 N–H and O–H groups in total. The maximum atomic E-state index is 14.1. The van der Waals surface area contributed by atoms with Gasteiger partial charge in [-0.3, -0.25) is 9.05 Å². The van der Waals surface area contributed by atoms with Gasteiger partial charge in [-0.1, -0.05) is 57.8 Å². The van der Waals surface area contributed by atoms with E-state index >= 15 is 0 Å². The Bertz CT molecular complexity index is 1420. The second-order valence-corrected chi connectivity index (χ2v) is 14.1. The number of ether oxygens (including phenoxy) is 2. The first-order valence-corrected chi connectivity index (χ1v) is 16.9. The van der Waals surface area contributed by atoms with Gasteiger partial charge in [-0.2, -0.15) is 0 Å². The molecule has 15 heteroatoms. The maximum absolute atomic E-state index is 14.1. The number of hydrogen-bond acceptors (Lipinski definition) is 12. The molecule has 5 rings (SSSR count). The topological polar surface area (TPSA) is 163 Å². The van der Waals surface area contributed by atoms with Crippen LogP contribution in [-0.4, -0.2) is 79.5 Å². The van der Waals surface area contributed by atoms with Gasteiger partial charge in [0.15, 0.2) is 6.23 Å². The Morgan fingerprint density at radius 1 is 1.27 bits per heavy atom. The van der Waals surface area contributed by atoms with Crippen molar-refractivity contribution in [2.45, 2.75) is 49.7 Å². The third-order valence-corrected chi connectivity index (χ3v) is 10.9. The van der Waals surface area contributed by atoms with Crippen molar-refractivity contribution in [2.24, 2.45) is 0 Å². The van der Waals surface area contributed by atoms with E-state index in [1.165, 1.54) is 13.3 Å². The number of anilines is 1. The zero-order chi connectivity index (χ0) is 29.0. The highest BCUT2D eigenvalue weighted by Gasteiger charge is 2.54. The molecule has 220 valence electrons. The number of rotatable bonds is 11. The number of aliphatic hydroxyl groups excluding tert-OH is 1. The molecule has 4 heterocycles. The highest BCUT2D eigenvalue weighted by atomic mass is 33.1.